The van der Waals surface area contributed by atoms with E-state index in [0.717, 1.165) is 0 Å². The van der Waals surface area contributed by atoms with Crippen LogP contribution in [0.15, 0.2) is 6.07 Å². The van der Waals surface area contributed by atoms with Crippen molar-refractivity contribution in [3.05, 3.63) is 23.0 Å². The van der Waals surface area contributed by atoms with Crippen molar-refractivity contribution in [3.8, 4) is 5.75 Å². The van der Waals surface area contributed by atoms with Crippen LogP contribution in [0.3, 0.4) is 0 Å². The zero-order valence-electron chi connectivity index (χ0n) is 8.91. The summed E-state index contributed by atoms with van der Waals surface area (Å²) < 4.78 is 30.4. The molecule has 0 unspecified atom stereocenters. The number of aliphatic carboxylic acids is 1. The number of pyridine rings is 1. The summed E-state index contributed by atoms with van der Waals surface area (Å²) in [5.41, 5.74) is -0.228. The number of hydrogen-bond acceptors (Lipinski definition) is 3. The molecule has 0 radical (unpaired) electrons. The van der Waals surface area contributed by atoms with Crippen molar-refractivity contribution in [3.63, 3.8) is 0 Å². The van der Waals surface area contributed by atoms with E-state index in [0.29, 0.717) is 11.4 Å². The highest BCUT2D eigenvalue weighted by Crippen LogP contribution is 2.28. The summed E-state index contributed by atoms with van der Waals surface area (Å²) in [5.74, 6) is -0.898. The normalized spacial score (nSPS) is 10.6. The summed E-state index contributed by atoms with van der Waals surface area (Å²) in [7, 11) is 1.37. The van der Waals surface area contributed by atoms with Crippen LogP contribution >= 0.6 is 15.9 Å². The lowest BCUT2D eigenvalue weighted by Crippen LogP contribution is -2.08. The molecule has 17 heavy (non-hydrogen) atoms. The standard InChI is InChI=1S/C10H10BrF2NO3/c1-17-7-2-5(3-8(15)16)9(10(12)13)14-6(7)4-11/h2,10H,3-4H2,1H3,(H,15,16). The van der Waals surface area contributed by atoms with Crippen LogP contribution in [0.5, 0.6) is 5.75 Å². The minimum absolute atomic E-state index is 0.0333. The Kier molecular flexibility index (Phi) is 4.80. The summed E-state index contributed by atoms with van der Waals surface area (Å²) in [4.78, 5) is 14.3. The van der Waals surface area contributed by atoms with E-state index in [9.17, 15) is 13.6 Å². The molecule has 1 aromatic rings. The van der Waals surface area contributed by atoms with Crippen LogP contribution in [0.1, 0.15) is 23.4 Å². The van der Waals surface area contributed by atoms with Crippen molar-refractivity contribution < 1.29 is 23.4 Å². The topological polar surface area (TPSA) is 59.4 Å². The van der Waals surface area contributed by atoms with Crippen LogP contribution < -0.4 is 4.74 Å². The maximum Gasteiger partial charge on any atom is 0.307 e. The van der Waals surface area contributed by atoms with Crippen molar-refractivity contribution in [2.75, 3.05) is 7.11 Å². The molecule has 0 aliphatic carbocycles. The zero-order valence-corrected chi connectivity index (χ0v) is 10.5. The van der Waals surface area contributed by atoms with Gasteiger partial charge in [0.25, 0.3) is 6.43 Å². The molecule has 0 fully saturated rings. The molecule has 0 saturated heterocycles. The molecule has 0 aliphatic heterocycles. The second-order valence-corrected chi connectivity index (χ2v) is 3.75. The van der Waals surface area contributed by atoms with Crippen molar-refractivity contribution in [1.82, 2.24) is 4.98 Å². The molecule has 1 N–H and O–H groups in total. The van der Waals surface area contributed by atoms with Gasteiger partial charge in [-0.1, -0.05) is 15.9 Å². The van der Waals surface area contributed by atoms with E-state index in [2.05, 4.69) is 20.9 Å². The van der Waals surface area contributed by atoms with Gasteiger partial charge in [0.2, 0.25) is 0 Å². The number of hydrogen-bond donors (Lipinski definition) is 1. The number of rotatable bonds is 5. The molecule has 0 aliphatic rings. The lowest BCUT2D eigenvalue weighted by atomic mass is 10.1. The fraction of sp³-hybridized carbons (Fsp3) is 0.400. The number of ether oxygens (including phenoxy) is 1. The predicted octanol–water partition coefficient (Wildman–Crippen LogP) is 2.55. The first-order valence-corrected chi connectivity index (χ1v) is 5.74. The molecule has 1 heterocycles. The quantitative estimate of drug-likeness (QED) is 0.849. The van der Waals surface area contributed by atoms with Crippen molar-refractivity contribution in [2.24, 2.45) is 0 Å². The minimum Gasteiger partial charge on any atom is -0.495 e. The molecular weight excluding hydrogens is 300 g/mol. The van der Waals surface area contributed by atoms with Crippen molar-refractivity contribution in [1.29, 1.82) is 0 Å². The Morgan fingerprint density at radius 2 is 2.29 bits per heavy atom. The van der Waals surface area contributed by atoms with Gasteiger partial charge in [0.1, 0.15) is 11.4 Å². The maximum atomic E-state index is 12.7. The Balaban J connectivity index is 3.29. The monoisotopic (exact) mass is 309 g/mol. The van der Waals surface area contributed by atoms with Gasteiger partial charge in [0.15, 0.2) is 0 Å². The van der Waals surface area contributed by atoms with Crippen LogP contribution in [0.2, 0.25) is 0 Å². The molecule has 4 nitrogen and oxygen atoms in total. The molecule has 0 bridgehead atoms. The first-order valence-electron chi connectivity index (χ1n) is 4.62. The largest absolute Gasteiger partial charge is 0.495 e. The number of carboxylic acids is 1. The molecule has 0 amide bonds. The van der Waals surface area contributed by atoms with E-state index in [1.807, 2.05) is 0 Å². The summed E-state index contributed by atoms with van der Waals surface area (Å²) >= 11 is 3.10. The summed E-state index contributed by atoms with van der Waals surface area (Å²) in [6.45, 7) is 0. The number of carbonyl (C=O) groups is 1. The van der Waals surface area contributed by atoms with Gasteiger partial charge < -0.3 is 9.84 Å². The number of halogens is 3. The average Bonchev–Trinajstić information content (AvgIpc) is 2.27. The van der Waals surface area contributed by atoms with Gasteiger partial charge in [-0.05, 0) is 11.6 Å². The highest BCUT2D eigenvalue weighted by atomic mass is 79.9. The fourth-order valence-electron chi connectivity index (χ4n) is 1.35. The zero-order chi connectivity index (χ0) is 13.0. The van der Waals surface area contributed by atoms with E-state index < -0.39 is 24.5 Å². The Hall–Kier alpha value is -1.24. The highest BCUT2D eigenvalue weighted by Gasteiger charge is 2.20. The number of carboxylic acid groups (broad SMARTS) is 1. The number of nitrogens with zero attached hydrogens (tertiary/aromatic N) is 1. The van der Waals surface area contributed by atoms with E-state index in [1.165, 1.54) is 13.2 Å². The van der Waals surface area contributed by atoms with Gasteiger partial charge in [-0.15, -0.1) is 0 Å². The molecule has 1 rings (SSSR count). The number of aromatic nitrogens is 1. The molecule has 1 aromatic heterocycles. The Bertz CT molecular complexity index is 426. The van der Waals surface area contributed by atoms with Gasteiger partial charge >= 0.3 is 5.97 Å². The third-order valence-corrected chi connectivity index (χ3v) is 2.60. The van der Waals surface area contributed by atoms with Gasteiger partial charge in [-0.2, -0.15) is 0 Å². The second-order valence-electron chi connectivity index (χ2n) is 3.19. The lowest BCUT2D eigenvalue weighted by Gasteiger charge is -2.12. The van der Waals surface area contributed by atoms with Crippen molar-refractivity contribution >= 4 is 21.9 Å². The predicted molar refractivity (Wildman–Crippen MR) is 59.7 cm³/mol. The molecule has 94 valence electrons. The first kappa shape index (κ1) is 13.8. The minimum atomic E-state index is -2.81. The molecule has 0 atom stereocenters. The van der Waals surface area contributed by atoms with Crippen LogP contribution in [0, 0.1) is 0 Å². The maximum absolute atomic E-state index is 12.7. The van der Waals surface area contributed by atoms with Crippen LogP contribution in [-0.4, -0.2) is 23.2 Å². The summed E-state index contributed by atoms with van der Waals surface area (Å²) in [6, 6.07) is 1.29. The Labute approximate surface area is 105 Å². The highest BCUT2D eigenvalue weighted by molar-refractivity contribution is 9.08. The second kappa shape index (κ2) is 5.90. The Morgan fingerprint density at radius 3 is 2.71 bits per heavy atom. The first-order chi connectivity index (χ1) is 7.99. The van der Waals surface area contributed by atoms with Gasteiger partial charge in [0, 0.05) is 5.33 Å². The number of alkyl halides is 3. The van der Waals surface area contributed by atoms with Gasteiger partial charge in [-0.25, -0.2) is 13.8 Å². The third kappa shape index (κ3) is 3.36. The molecular formula is C10H10BrF2NO3. The third-order valence-electron chi connectivity index (χ3n) is 2.07. The van der Waals surface area contributed by atoms with Crippen LogP contribution in [0.25, 0.3) is 0 Å². The fourth-order valence-corrected chi connectivity index (χ4v) is 1.76. The van der Waals surface area contributed by atoms with E-state index in [1.54, 1.807) is 0 Å². The van der Waals surface area contributed by atoms with E-state index in [4.69, 9.17) is 9.84 Å². The van der Waals surface area contributed by atoms with E-state index >= 15 is 0 Å². The Morgan fingerprint density at radius 1 is 1.65 bits per heavy atom. The molecule has 0 aromatic carbocycles. The van der Waals surface area contributed by atoms with E-state index in [-0.39, 0.29) is 10.9 Å². The molecule has 0 saturated carbocycles. The average molecular weight is 310 g/mol. The van der Waals surface area contributed by atoms with Gasteiger partial charge in [0.05, 0.1) is 19.2 Å². The van der Waals surface area contributed by atoms with Crippen molar-refractivity contribution in [2.45, 2.75) is 18.2 Å². The molecule has 0 spiro atoms. The van der Waals surface area contributed by atoms with Gasteiger partial charge in [-0.3, -0.25) is 4.79 Å². The summed E-state index contributed by atoms with van der Waals surface area (Å²) in [6.07, 6.45) is -3.32. The SMILES string of the molecule is COc1cc(CC(=O)O)c(C(F)F)nc1CBr. The lowest BCUT2D eigenvalue weighted by molar-refractivity contribution is -0.136. The number of methoxy groups -OCH3 is 1. The van der Waals surface area contributed by atoms with Crippen LogP contribution in [-0.2, 0) is 16.5 Å². The van der Waals surface area contributed by atoms with Crippen LogP contribution in [0.4, 0.5) is 8.78 Å². The smallest absolute Gasteiger partial charge is 0.307 e. The molecule has 7 heteroatoms. The summed E-state index contributed by atoms with van der Waals surface area (Å²) in [5, 5.41) is 8.89.